The predicted molar refractivity (Wildman–Crippen MR) is 68.0 cm³/mol. The number of unbranched alkanes of at least 4 members (excludes halogenated alkanes) is 5. The van der Waals surface area contributed by atoms with Gasteiger partial charge < -0.3 is 5.11 Å². The van der Waals surface area contributed by atoms with Gasteiger partial charge in [0.2, 0.25) is 0 Å². The molecule has 90 valence electrons. The lowest BCUT2D eigenvalue weighted by atomic mass is 9.93. The highest BCUT2D eigenvalue weighted by molar-refractivity contribution is 4.77. The van der Waals surface area contributed by atoms with Crippen LogP contribution in [-0.4, -0.2) is 10.7 Å². The molecule has 1 nitrogen and oxygen atoms in total. The van der Waals surface area contributed by atoms with E-state index in [2.05, 4.69) is 13.5 Å². The van der Waals surface area contributed by atoms with Crippen molar-refractivity contribution in [1.29, 1.82) is 0 Å². The Hall–Kier alpha value is -0.300. The summed E-state index contributed by atoms with van der Waals surface area (Å²) in [6.07, 6.45) is 12.4. The summed E-state index contributed by atoms with van der Waals surface area (Å²) in [6, 6.07) is 0. The number of rotatable bonds is 10. The molecule has 0 aliphatic heterocycles. The third-order valence-electron chi connectivity index (χ3n) is 2.96. The molecular formula is C14H28O. The van der Waals surface area contributed by atoms with E-state index in [-0.39, 0.29) is 0 Å². The fraction of sp³-hybridized carbons (Fsp3) is 0.857. The first-order valence-corrected chi connectivity index (χ1v) is 6.45. The van der Waals surface area contributed by atoms with Crippen molar-refractivity contribution in [3.05, 3.63) is 12.7 Å². The molecule has 1 heteroatoms. The van der Waals surface area contributed by atoms with E-state index in [9.17, 15) is 5.11 Å². The Morgan fingerprint density at radius 2 is 1.67 bits per heavy atom. The van der Waals surface area contributed by atoms with E-state index in [1.165, 1.54) is 32.1 Å². The van der Waals surface area contributed by atoms with Crippen LogP contribution in [0.1, 0.15) is 71.6 Å². The van der Waals surface area contributed by atoms with Gasteiger partial charge in [-0.2, -0.15) is 0 Å². The van der Waals surface area contributed by atoms with E-state index in [0.29, 0.717) is 0 Å². The first kappa shape index (κ1) is 14.7. The molecule has 0 aromatic carbocycles. The zero-order valence-corrected chi connectivity index (χ0v) is 10.6. The molecule has 15 heavy (non-hydrogen) atoms. The van der Waals surface area contributed by atoms with E-state index in [0.717, 1.165) is 25.7 Å². The second kappa shape index (κ2) is 8.96. The monoisotopic (exact) mass is 212 g/mol. The summed E-state index contributed by atoms with van der Waals surface area (Å²) in [5, 5.41) is 10.0. The molecule has 0 aliphatic carbocycles. The van der Waals surface area contributed by atoms with Crippen LogP contribution < -0.4 is 0 Å². The Labute approximate surface area is 95.6 Å². The third-order valence-corrected chi connectivity index (χ3v) is 2.96. The summed E-state index contributed by atoms with van der Waals surface area (Å²) in [6.45, 7) is 7.87. The van der Waals surface area contributed by atoms with Crippen molar-refractivity contribution < 1.29 is 5.11 Å². The molecule has 1 unspecified atom stereocenters. The fourth-order valence-corrected chi connectivity index (χ4v) is 1.82. The molecule has 0 aromatic heterocycles. The van der Waals surface area contributed by atoms with Crippen LogP contribution in [0, 0.1) is 0 Å². The summed E-state index contributed by atoms with van der Waals surface area (Å²) in [4.78, 5) is 0. The van der Waals surface area contributed by atoms with Gasteiger partial charge in [-0.05, 0) is 26.2 Å². The highest BCUT2D eigenvalue weighted by Gasteiger charge is 2.17. The molecule has 0 bridgehead atoms. The summed E-state index contributed by atoms with van der Waals surface area (Å²) >= 11 is 0. The van der Waals surface area contributed by atoms with Gasteiger partial charge in [0.25, 0.3) is 0 Å². The Kier molecular flexibility index (Phi) is 8.79. The van der Waals surface area contributed by atoms with Gasteiger partial charge in [0.15, 0.2) is 0 Å². The first-order chi connectivity index (χ1) is 7.12. The fourth-order valence-electron chi connectivity index (χ4n) is 1.82. The van der Waals surface area contributed by atoms with Gasteiger partial charge in [-0.15, -0.1) is 6.58 Å². The molecule has 0 rings (SSSR count). The van der Waals surface area contributed by atoms with Crippen LogP contribution in [0.2, 0.25) is 0 Å². The van der Waals surface area contributed by atoms with E-state index in [4.69, 9.17) is 0 Å². The van der Waals surface area contributed by atoms with Crippen LogP contribution in [-0.2, 0) is 0 Å². The summed E-state index contributed by atoms with van der Waals surface area (Å²) in [5.41, 5.74) is -0.473. The summed E-state index contributed by atoms with van der Waals surface area (Å²) in [7, 11) is 0. The third kappa shape index (κ3) is 9.99. The molecule has 0 amide bonds. The Balaban J connectivity index is 3.35. The lowest BCUT2D eigenvalue weighted by Gasteiger charge is -2.22. The molecule has 0 spiro atoms. The van der Waals surface area contributed by atoms with Crippen molar-refractivity contribution in [2.45, 2.75) is 77.2 Å². The molecule has 0 radical (unpaired) electrons. The standard InChI is InChI=1S/C14H28O/c1-4-6-8-9-10-11-13-14(3,15)12-7-5-2/h5,15H,2,4,6-13H2,1,3H3. The van der Waals surface area contributed by atoms with Crippen LogP contribution >= 0.6 is 0 Å². The van der Waals surface area contributed by atoms with Crippen molar-refractivity contribution in [1.82, 2.24) is 0 Å². The van der Waals surface area contributed by atoms with Gasteiger partial charge in [0, 0.05) is 0 Å². The molecule has 0 aromatic rings. The van der Waals surface area contributed by atoms with Crippen molar-refractivity contribution in [2.24, 2.45) is 0 Å². The minimum Gasteiger partial charge on any atom is -0.390 e. The van der Waals surface area contributed by atoms with Crippen molar-refractivity contribution in [2.75, 3.05) is 0 Å². The van der Waals surface area contributed by atoms with Crippen LogP contribution in [0.3, 0.4) is 0 Å². The normalized spacial score (nSPS) is 14.9. The number of allylic oxidation sites excluding steroid dienone is 1. The maximum absolute atomic E-state index is 10.0. The number of hydrogen-bond donors (Lipinski definition) is 1. The minimum absolute atomic E-state index is 0.473. The minimum atomic E-state index is -0.473. The molecule has 0 saturated heterocycles. The van der Waals surface area contributed by atoms with Gasteiger partial charge in [0.05, 0.1) is 5.60 Å². The zero-order valence-electron chi connectivity index (χ0n) is 10.6. The second-order valence-electron chi connectivity index (χ2n) is 4.84. The zero-order chi connectivity index (χ0) is 11.6. The first-order valence-electron chi connectivity index (χ1n) is 6.45. The molecule has 0 saturated carbocycles. The van der Waals surface area contributed by atoms with E-state index in [1.807, 2.05) is 13.0 Å². The lowest BCUT2D eigenvalue weighted by molar-refractivity contribution is 0.0403. The van der Waals surface area contributed by atoms with Crippen LogP contribution in [0.25, 0.3) is 0 Å². The van der Waals surface area contributed by atoms with Crippen LogP contribution in [0.5, 0.6) is 0 Å². The second-order valence-corrected chi connectivity index (χ2v) is 4.84. The van der Waals surface area contributed by atoms with Gasteiger partial charge >= 0.3 is 0 Å². The SMILES string of the molecule is C=CCCC(C)(O)CCCCCCCC. The van der Waals surface area contributed by atoms with Crippen LogP contribution in [0.15, 0.2) is 12.7 Å². The van der Waals surface area contributed by atoms with Crippen molar-refractivity contribution in [3.63, 3.8) is 0 Å². The molecule has 0 heterocycles. The van der Waals surface area contributed by atoms with Gasteiger partial charge in [-0.25, -0.2) is 0 Å². The highest BCUT2D eigenvalue weighted by Crippen LogP contribution is 2.20. The largest absolute Gasteiger partial charge is 0.390 e. The molecule has 1 atom stereocenters. The van der Waals surface area contributed by atoms with Gasteiger partial charge in [0.1, 0.15) is 0 Å². The molecule has 0 aliphatic rings. The number of aliphatic hydroxyl groups is 1. The Morgan fingerprint density at radius 1 is 1.07 bits per heavy atom. The van der Waals surface area contributed by atoms with E-state index >= 15 is 0 Å². The van der Waals surface area contributed by atoms with Crippen LogP contribution in [0.4, 0.5) is 0 Å². The average molecular weight is 212 g/mol. The summed E-state index contributed by atoms with van der Waals surface area (Å²) < 4.78 is 0. The molecule has 1 N–H and O–H groups in total. The predicted octanol–water partition coefficient (Wildman–Crippen LogP) is 4.45. The number of hydrogen-bond acceptors (Lipinski definition) is 1. The maximum atomic E-state index is 10.0. The van der Waals surface area contributed by atoms with E-state index in [1.54, 1.807) is 0 Å². The van der Waals surface area contributed by atoms with Gasteiger partial charge in [-0.3, -0.25) is 0 Å². The van der Waals surface area contributed by atoms with Gasteiger partial charge in [-0.1, -0.05) is 51.5 Å². The van der Waals surface area contributed by atoms with Crippen molar-refractivity contribution >= 4 is 0 Å². The smallest absolute Gasteiger partial charge is 0.0622 e. The Morgan fingerprint density at radius 3 is 2.27 bits per heavy atom. The van der Waals surface area contributed by atoms with E-state index < -0.39 is 5.60 Å². The topological polar surface area (TPSA) is 20.2 Å². The van der Waals surface area contributed by atoms with Crippen molar-refractivity contribution in [3.8, 4) is 0 Å². The highest BCUT2D eigenvalue weighted by atomic mass is 16.3. The average Bonchev–Trinajstić information content (AvgIpc) is 2.20. The summed E-state index contributed by atoms with van der Waals surface area (Å²) in [5.74, 6) is 0. The molecule has 0 fully saturated rings. The Bertz CT molecular complexity index is 149. The lowest BCUT2D eigenvalue weighted by Crippen LogP contribution is -2.23. The quantitative estimate of drug-likeness (QED) is 0.419. The molecular weight excluding hydrogens is 184 g/mol. The maximum Gasteiger partial charge on any atom is 0.0622 e.